The molecule has 2 aromatic carbocycles. The number of hydrogen-bond acceptors (Lipinski definition) is 2. The van der Waals surface area contributed by atoms with Crippen molar-refractivity contribution >= 4 is 23.4 Å². The summed E-state index contributed by atoms with van der Waals surface area (Å²) in [4.78, 5) is 27.3. The number of hydrogen-bond donors (Lipinski definition) is 1. The molecular formula is C24H31ClN2O2. The third-order valence-electron chi connectivity index (χ3n) is 4.90. The number of rotatable bonds is 9. The van der Waals surface area contributed by atoms with Gasteiger partial charge in [0.15, 0.2) is 0 Å². The van der Waals surface area contributed by atoms with Gasteiger partial charge in [-0.3, -0.25) is 9.59 Å². The summed E-state index contributed by atoms with van der Waals surface area (Å²) in [6, 6.07) is 15.2. The molecule has 2 aromatic rings. The molecular weight excluding hydrogens is 384 g/mol. The maximum atomic E-state index is 13.1. The Morgan fingerprint density at radius 3 is 2.24 bits per heavy atom. The van der Waals surface area contributed by atoms with Crippen LogP contribution in [-0.4, -0.2) is 28.8 Å². The van der Waals surface area contributed by atoms with Crippen molar-refractivity contribution in [2.75, 3.05) is 0 Å². The summed E-state index contributed by atoms with van der Waals surface area (Å²) in [5.74, 6) is -0.196. The fourth-order valence-electron chi connectivity index (χ4n) is 3.16. The Hall–Kier alpha value is -2.33. The zero-order chi connectivity index (χ0) is 21.4. The van der Waals surface area contributed by atoms with Gasteiger partial charge in [-0.25, -0.2) is 0 Å². The molecule has 0 bridgehead atoms. The van der Waals surface area contributed by atoms with Gasteiger partial charge < -0.3 is 10.2 Å². The predicted octanol–water partition coefficient (Wildman–Crippen LogP) is 4.78. The van der Waals surface area contributed by atoms with Gasteiger partial charge in [-0.15, -0.1) is 0 Å². The highest BCUT2D eigenvalue weighted by atomic mass is 35.5. The largest absolute Gasteiger partial charge is 0.352 e. The molecule has 29 heavy (non-hydrogen) atoms. The van der Waals surface area contributed by atoms with Gasteiger partial charge in [-0.1, -0.05) is 54.9 Å². The van der Waals surface area contributed by atoms with Crippen LogP contribution >= 0.6 is 11.6 Å². The van der Waals surface area contributed by atoms with Crippen LogP contribution in [0.2, 0.25) is 5.02 Å². The minimum absolute atomic E-state index is 0.0187. The summed E-state index contributed by atoms with van der Waals surface area (Å²) in [5, 5.41) is 3.52. The molecule has 0 aliphatic rings. The van der Waals surface area contributed by atoms with E-state index in [0.29, 0.717) is 24.4 Å². The molecule has 0 fully saturated rings. The van der Waals surface area contributed by atoms with E-state index in [0.717, 1.165) is 17.5 Å². The third-order valence-corrected chi connectivity index (χ3v) is 5.13. The first-order chi connectivity index (χ1) is 13.8. The summed E-state index contributed by atoms with van der Waals surface area (Å²) in [5.41, 5.74) is 3.31. The van der Waals surface area contributed by atoms with Crippen molar-refractivity contribution in [1.29, 1.82) is 0 Å². The van der Waals surface area contributed by atoms with Gasteiger partial charge in [0.25, 0.3) is 0 Å². The fraction of sp³-hybridized carbons (Fsp3) is 0.417. The zero-order valence-electron chi connectivity index (χ0n) is 17.7. The minimum Gasteiger partial charge on any atom is -0.352 e. The van der Waals surface area contributed by atoms with Crippen molar-refractivity contribution in [3.05, 3.63) is 70.2 Å². The van der Waals surface area contributed by atoms with Crippen molar-refractivity contribution in [2.45, 2.75) is 65.6 Å². The van der Waals surface area contributed by atoms with Gasteiger partial charge in [-0.2, -0.15) is 0 Å². The van der Waals surface area contributed by atoms with Crippen LogP contribution in [-0.2, 0) is 29.0 Å². The lowest BCUT2D eigenvalue weighted by Crippen LogP contribution is -2.49. The van der Waals surface area contributed by atoms with Gasteiger partial charge in [0.2, 0.25) is 11.8 Å². The van der Waals surface area contributed by atoms with Gasteiger partial charge in [0.05, 0.1) is 0 Å². The second-order valence-electron chi connectivity index (χ2n) is 7.66. The second kappa shape index (κ2) is 11.0. The van der Waals surface area contributed by atoms with E-state index < -0.39 is 6.04 Å². The van der Waals surface area contributed by atoms with Crippen molar-refractivity contribution in [2.24, 2.45) is 0 Å². The first kappa shape index (κ1) is 23.0. The van der Waals surface area contributed by atoms with Crippen LogP contribution in [0.1, 0.15) is 50.8 Å². The van der Waals surface area contributed by atoms with E-state index in [-0.39, 0.29) is 17.9 Å². The molecule has 0 radical (unpaired) electrons. The quantitative estimate of drug-likeness (QED) is 0.642. The van der Waals surface area contributed by atoms with Crippen LogP contribution in [0.15, 0.2) is 48.5 Å². The highest BCUT2D eigenvalue weighted by Gasteiger charge is 2.26. The van der Waals surface area contributed by atoms with E-state index in [1.165, 1.54) is 5.56 Å². The van der Waals surface area contributed by atoms with E-state index >= 15 is 0 Å². The summed E-state index contributed by atoms with van der Waals surface area (Å²) < 4.78 is 0. The van der Waals surface area contributed by atoms with E-state index in [2.05, 4.69) is 36.5 Å². The first-order valence-corrected chi connectivity index (χ1v) is 10.6. The van der Waals surface area contributed by atoms with Gasteiger partial charge in [-0.05, 0) is 62.4 Å². The Bertz CT molecular complexity index is 818. The number of nitrogens with one attached hydrogen (secondary N) is 1. The normalized spacial score (nSPS) is 11.9. The topological polar surface area (TPSA) is 49.4 Å². The van der Waals surface area contributed by atoms with Crippen molar-refractivity contribution in [3.8, 4) is 0 Å². The van der Waals surface area contributed by atoms with Crippen LogP contribution in [0.4, 0.5) is 0 Å². The summed E-state index contributed by atoms with van der Waals surface area (Å²) in [6.07, 6.45) is 1.99. The molecule has 0 aliphatic carbocycles. The SMILES string of the molecule is CCc1ccc(CCC(=O)N(Cc2cccc(Cl)c2)[C@@H](C)C(=O)NC(C)C)cc1. The third kappa shape index (κ3) is 7.21. The number of halogens is 1. The molecule has 4 nitrogen and oxygen atoms in total. The molecule has 0 aliphatic heterocycles. The van der Waals surface area contributed by atoms with Gasteiger partial charge in [0.1, 0.15) is 6.04 Å². The van der Waals surface area contributed by atoms with Crippen LogP contribution in [0.25, 0.3) is 0 Å². The summed E-state index contributed by atoms with van der Waals surface area (Å²) in [7, 11) is 0. The Labute approximate surface area is 179 Å². The molecule has 0 unspecified atom stereocenters. The lowest BCUT2D eigenvalue weighted by atomic mass is 10.0. The van der Waals surface area contributed by atoms with Crippen molar-refractivity contribution in [3.63, 3.8) is 0 Å². The number of aryl methyl sites for hydroxylation is 2. The van der Waals surface area contributed by atoms with Crippen LogP contribution in [0.3, 0.4) is 0 Å². The Morgan fingerprint density at radius 1 is 1.00 bits per heavy atom. The number of amides is 2. The van der Waals surface area contributed by atoms with E-state index in [1.54, 1.807) is 17.9 Å². The standard InChI is InChI=1S/C24H31ClN2O2/c1-5-19-9-11-20(12-10-19)13-14-23(28)27(18(4)24(29)26-17(2)3)16-21-7-6-8-22(25)15-21/h6-12,15,17-18H,5,13-14,16H2,1-4H3,(H,26,29)/t18-/m0/s1. The molecule has 1 N–H and O–H groups in total. The lowest BCUT2D eigenvalue weighted by Gasteiger charge is -2.29. The number of benzene rings is 2. The molecule has 5 heteroatoms. The molecule has 1 atom stereocenters. The Morgan fingerprint density at radius 2 is 1.66 bits per heavy atom. The van der Waals surface area contributed by atoms with E-state index in [9.17, 15) is 9.59 Å². The summed E-state index contributed by atoms with van der Waals surface area (Å²) in [6.45, 7) is 8.06. The monoisotopic (exact) mass is 414 g/mol. The molecule has 0 saturated carbocycles. The van der Waals surface area contributed by atoms with E-state index in [1.807, 2.05) is 32.0 Å². The second-order valence-corrected chi connectivity index (χ2v) is 8.10. The van der Waals surface area contributed by atoms with Gasteiger partial charge >= 0.3 is 0 Å². The maximum Gasteiger partial charge on any atom is 0.242 e. The van der Waals surface area contributed by atoms with Gasteiger partial charge in [0, 0.05) is 24.0 Å². The predicted molar refractivity (Wildman–Crippen MR) is 119 cm³/mol. The Balaban J connectivity index is 2.13. The van der Waals surface area contributed by atoms with Crippen LogP contribution in [0.5, 0.6) is 0 Å². The Kier molecular flexibility index (Phi) is 8.71. The van der Waals surface area contributed by atoms with Crippen LogP contribution in [0, 0.1) is 0 Å². The van der Waals surface area contributed by atoms with E-state index in [4.69, 9.17) is 11.6 Å². The highest BCUT2D eigenvalue weighted by molar-refractivity contribution is 6.30. The first-order valence-electron chi connectivity index (χ1n) is 10.2. The number of carbonyl (C=O) groups is 2. The number of nitrogens with zero attached hydrogens (tertiary/aromatic N) is 1. The number of carbonyl (C=O) groups excluding carboxylic acids is 2. The zero-order valence-corrected chi connectivity index (χ0v) is 18.5. The molecule has 2 rings (SSSR count). The van der Waals surface area contributed by atoms with Crippen LogP contribution < -0.4 is 5.32 Å². The maximum absolute atomic E-state index is 13.1. The lowest BCUT2D eigenvalue weighted by molar-refractivity contribution is -0.140. The molecule has 0 aromatic heterocycles. The molecule has 0 saturated heterocycles. The molecule has 0 heterocycles. The average Bonchev–Trinajstić information content (AvgIpc) is 2.69. The minimum atomic E-state index is -0.564. The highest BCUT2D eigenvalue weighted by Crippen LogP contribution is 2.17. The smallest absolute Gasteiger partial charge is 0.242 e. The molecule has 156 valence electrons. The summed E-state index contributed by atoms with van der Waals surface area (Å²) >= 11 is 6.10. The fourth-order valence-corrected chi connectivity index (χ4v) is 3.37. The molecule has 0 spiro atoms. The van der Waals surface area contributed by atoms with Crippen molar-refractivity contribution in [1.82, 2.24) is 10.2 Å². The molecule has 2 amide bonds. The van der Waals surface area contributed by atoms with Crippen molar-refractivity contribution < 1.29 is 9.59 Å². The average molecular weight is 415 g/mol.